The van der Waals surface area contributed by atoms with Crippen LogP contribution in [-0.4, -0.2) is 18.8 Å². The molecule has 0 heterocycles. The average molecular weight is 240 g/mol. The largest absolute Gasteiger partial charge is 0.316 e. The fourth-order valence-electron chi connectivity index (χ4n) is 1.48. The van der Waals surface area contributed by atoms with Crippen LogP contribution in [0, 0.1) is 0 Å². The van der Waals surface area contributed by atoms with Gasteiger partial charge in [0, 0.05) is 25.0 Å². The normalized spacial score (nSPS) is 10.2. The van der Waals surface area contributed by atoms with Crippen molar-refractivity contribution < 1.29 is 4.79 Å². The number of halogens is 1. The van der Waals surface area contributed by atoms with Gasteiger partial charge in [-0.2, -0.15) is 0 Å². The Balaban J connectivity index is 2.64. The van der Waals surface area contributed by atoms with Crippen LogP contribution in [0.3, 0.4) is 0 Å². The molecule has 1 aromatic carbocycles. The van der Waals surface area contributed by atoms with Gasteiger partial charge in [0.1, 0.15) is 0 Å². The molecule has 2 nitrogen and oxygen atoms in total. The Bertz CT molecular complexity index is 334. The second-order valence-electron chi connectivity index (χ2n) is 3.77. The summed E-state index contributed by atoms with van der Waals surface area (Å²) in [5.41, 5.74) is 2.22. The molecule has 0 atom stereocenters. The highest BCUT2D eigenvalue weighted by atomic mass is 35.5. The first-order valence-electron chi connectivity index (χ1n) is 5.60. The van der Waals surface area contributed by atoms with E-state index in [4.69, 9.17) is 11.6 Å². The molecule has 0 N–H and O–H groups in total. The number of hydrogen-bond donors (Lipinski definition) is 0. The maximum absolute atomic E-state index is 11.7. The molecule has 1 amide bonds. The molecule has 0 radical (unpaired) electrons. The first-order chi connectivity index (χ1) is 7.69. The number of anilines is 1. The van der Waals surface area contributed by atoms with Gasteiger partial charge < -0.3 is 4.90 Å². The number of nitrogens with zero attached hydrogens (tertiary/aromatic N) is 1. The van der Waals surface area contributed by atoms with Crippen molar-refractivity contribution in [3.63, 3.8) is 0 Å². The highest BCUT2D eigenvalue weighted by Gasteiger charge is 2.09. The summed E-state index contributed by atoms with van der Waals surface area (Å²) in [4.78, 5) is 13.4. The minimum atomic E-state index is 0.116. The Labute approximate surface area is 102 Å². The van der Waals surface area contributed by atoms with Crippen LogP contribution in [0.1, 0.15) is 25.3 Å². The van der Waals surface area contributed by atoms with Gasteiger partial charge in [-0.15, -0.1) is 11.6 Å². The molecule has 0 aliphatic rings. The Morgan fingerprint density at radius 2 is 1.94 bits per heavy atom. The third-order valence-corrected chi connectivity index (χ3v) is 2.90. The van der Waals surface area contributed by atoms with Crippen molar-refractivity contribution in [1.29, 1.82) is 0 Å². The summed E-state index contributed by atoms with van der Waals surface area (Å²) >= 11 is 5.57. The molecule has 88 valence electrons. The quantitative estimate of drug-likeness (QED) is 0.723. The summed E-state index contributed by atoms with van der Waals surface area (Å²) in [6.45, 7) is 2.12. The molecule has 0 saturated carbocycles. The van der Waals surface area contributed by atoms with Crippen LogP contribution in [0.5, 0.6) is 0 Å². The summed E-state index contributed by atoms with van der Waals surface area (Å²) in [5.74, 6) is 0.652. The molecule has 16 heavy (non-hydrogen) atoms. The zero-order chi connectivity index (χ0) is 12.0. The fraction of sp³-hybridized carbons (Fsp3) is 0.462. The summed E-state index contributed by atoms with van der Waals surface area (Å²) < 4.78 is 0. The Hall–Kier alpha value is -1.02. The first-order valence-corrected chi connectivity index (χ1v) is 6.14. The monoisotopic (exact) mass is 239 g/mol. The van der Waals surface area contributed by atoms with Crippen LogP contribution in [0.4, 0.5) is 5.69 Å². The first kappa shape index (κ1) is 13.0. The summed E-state index contributed by atoms with van der Waals surface area (Å²) in [5, 5.41) is 0. The van der Waals surface area contributed by atoms with Crippen LogP contribution < -0.4 is 4.90 Å². The van der Waals surface area contributed by atoms with Crippen LogP contribution in [0.2, 0.25) is 0 Å². The van der Waals surface area contributed by atoms with Gasteiger partial charge in [-0.1, -0.05) is 19.1 Å². The van der Waals surface area contributed by atoms with Crippen molar-refractivity contribution >= 4 is 23.2 Å². The maximum atomic E-state index is 11.7. The van der Waals surface area contributed by atoms with E-state index in [-0.39, 0.29) is 5.91 Å². The van der Waals surface area contributed by atoms with Gasteiger partial charge in [0.2, 0.25) is 5.91 Å². The molecule has 0 aliphatic heterocycles. The lowest BCUT2D eigenvalue weighted by Gasteiger charge is -2.17. The number of benzene rings is 1. The molecule has 1 aromatic rings. The zero-order valence-corrected chi connectivity index (χ0v) is 10.6. The van der Waals surface area contributed by atoms with Crippen molar-refractivity contribution in [3.05, 3.63) is 29.8 Å². The molecular formula is C13H18ClNO. The molecule has 0 saturated heterocycles. The molecule has 0 spiro atoms. The summed E-state index contributed by atoms with van der Waals surface area (Å²) in [6, 6.07) is 8.08. The third-order valence-electron chi connectivity index (χ3n) is 2.63. The van der Waals surface area contributed by atoms with Gasteiger partial charge in [-0.05, 0) is 30.5 Å². The van der Waals surface area contributed by atoms with E-state index in [1.54, 1.807) is 11.9 Å². The number of aryl methyl sites for hydroxylation is 1. The molecule has 0 unspecified atom stereocenters. The molecular weight excluding hydrogens is 222 g/mol. The van der Waals surface area contributed by atoms with E-state index in [9.17, 15) is 4.79 Å². The van der Waals surface area contributed by atoms with E-state index in [0.717, 1.165) is 18.5 Å². The number of hydrogen-bond acceptors (Lipinski definition) is 1. The van der Waals surface area contributed by atoms with Crippen LogP contribution in [-0.2, 0) is 11.2 Å². The van der Waals surface area contributed by atoms with Gasteiger partial charge in [0.05, 0.1) is 0 Å². The predicted molar refractivity (Wildman–Crippen MR) is 69.2 cm³/mol. The van der Waals surface area contributed by atoms with Gasteiger partial charge in [0.25, 0.3) is 0 Å². The lowest BCUT2D eigenvalue weighted by Crippen LogP contribution is -2.25. The number of amides is 1. The standard InChI is InChI=1S/C13H18ClNO/c1-3-11-6-8-12(9-7-11)15(2)13(16)5-4-10-14/h6-9H,3-5,10H2,1-2H3. The zero-order valence-electron chi connectivity index (χ0n) is 9.87. The molecule has 3 heteroatoms. The second kappa shape index (κ2) is 6.54. The summed E-state index contributed by atoms with van der Waals surface area (Å²) in [7, 11) is 1.80. The SMILES string of the molecule is CCc1ccc(N(C)C(=O)CCCCl)cc1. The Morgan fingerprint density at radius 1 is 1.31 bits per heavy atom. The molecule has 0 aliphatic carbocycles. The Morgan fingerprint density at radius 3 is 2.44 bits per heavy atom. The minimum Gasteiger partial charge on any atom is -0.316 e. The van der Waals surface area contributed by atoms with Crippen LogP contribution >= 0.6 is 11.6 Å². The Kier molecular flexibility index (Phi) is 5.33. The molecule has 0 bridgehead atoms. The summed E-state index contributed by atoms with van der Waals surface area (Å²) in [6.07, 6.45) is 2.26. The van der Waals surface area contributed by atoms with Crippen molar-refractivity contribution in [2.45, 2.75) is 26.2 Å². The van der Waals surface area contributed by atoms with Crippen molar-refractivity contribution in [3.8, 4) is 0 Å². The van der Waals surface area contributed by atoms with Gasteiger partial charge >= 0.3 is 0 Å². The number of carbonyl (C=O) groups excluding carboxylic acids is 1. The van der Waals surface area contributed by atoms with Crippen molar-refractivity contribution in [1.82, 2.24) is 0 Å². The van der Waals surface area contributed by atoms with E-state index in [0.29, 0.717) is 12.3 Å². The van der Waals surface area contributed by atoms with Gasteiger partial charge in [-0.25, -0.2) is 0 Å². The average Bonchev–Trinajstić information content (AvgIpc) is 2.35. The predicted octanol–water partition coefficient (Wildman–Crippen LogP) is 3.23. The minimum absolute atomic E-state index is 0.116. The second-order valence-corrected chi connectivity index (χ2v) is 4.14. The van der Waals surface area contributed by atoms with E-state index in [2.05, 4.69) is 19.1 Å². The number of alkyl halides is 1. The van der Waals surface area contributed by atoms with Gasteiger partial charge in [0.15, 0.2) is 0 Å². The molecule has 0 aromatic heterocycles. The molecule has 0 fully saturated rings. The van der Waals surface area contributed by atoms with E-state index in [1.807, 2.05) is 12.1 Å². The topological polar surface area (TPSA) is 20.3 Å². The molecule has 1 rings (SSSR count). The van der Waals surface area contributed by atoms with E-state index < -0.39 is 0 Å². The highest BCUT2D eigenvalue weighted by Crippen LogP contribution is 2.15. The van der Waals surface area contributed by atoms with Crippen molar-refractivity contribution in [2.75, 3.05) is 17.8 Å². The van der Waals surface area contributed by atoms with E-state index in [1.165, 1.54) is 5.56 Å². The lowest BCUT2D eigenvalue weighted by atomic mass is 10.1. The number of carbonyl (C=O) groups is 1. The lowest BCUT2D eigenvalue weighted by molar-refractivity contribution is -0.118. The smallest absolute Gasteiger partial charge is 0.226 e. The highest BCUT2D eigenvalue weighted by molar-refractivity contribution is 6.18. The van der Waals surface area contributed by atoms with Gasteiger partial charge in [-0.3, -0.25) is 4.79 Å². The van der Waals surface area contributed by atoms with E-state index >= 15 is 0 Å². The maximum Gasteiger partial charge on any atom is 0.226 e. The third kappa shape index (κ3) is 3.53. The van der Waals surface area contributed by atoms with Crippen molar-refractivity contribution in [2.24, 2.45) is 0 Å². The number of rotatable bonds is 5. The van der Waals surface area contributed by atoms with Crippen LogP contribution in [0.25, 0.3) is 0 Å². The fourth-order valence-corrected chi connectivity index (χ4v) is 1.62. The van der Waals surface area contributed by atoms with Crippen LogP contribution in [0.15, 0.2) is 24.3 Å².